The molecule has 0 spiro atoms. The summed E-state index contributed by atoms with van der Waals surface area (Å²) < 4.78 is 12.9. The Morgan fingerprint density at radius 1 is 1.18 bits per heavy atom. The molecule has 0 aliphatic carbocycles. The van der Waals surface area contributed by atoms with E-state index >= 15 is 0 Å². The second kappa shape index (κ2) is 6.15. The third-order valence-electron chi connectivity index (χ3n) is 3.63. The summed E-state index contributed by atoms with van der Waals surface area (Å²) in [5.41, 5.74) is 7.29. The van der Waals surface area contributed by atoms with Gasteiger partial charge >= 0.3 is 0 Å². The summed E-state index contributed by atoms with van der Waals surface area (Å²) in [5.74, 6) is -0.191. The van der Waals surface area contributed by atoms with E-state index in [1.54, 1.807) is 0 Å². The zero-order valence-corrected chi connectivity index (χ0v) is 11.2. The van der Waals surface area contributed by atoms with E-state index in [0.717, 1.165) is 12.0 Å². The predicted octanol–water partition coefficient (Wildman–Crippen LogP) is 4.01. The fourth-order valence-electron chi connectivity index (χ4n) is 2.07. The summed E-state index contributed by atoms with van der Waals surface area (Å²) in [6, 6.07) is 6.83. The van der Waals surface area contributed by atoms with Crippen LogP contribution in [0.3, 0.4) is 0 Å². The molecule has 1 aromatic rings. The molecule has 1 rings (SSSR count). The van der Waals surface area contributed by atoms with Gasteiger partial charge < -0.3 is 5.73 Å². The Morgan fingerprint density at radius 3 is 2.29 bits per heavy atom. The lowest BCUT2D eigenvalue weighted by atomic mass is 9.76. The van der Waals surface area contributed by atoms with E-state index in [4.69, 9.17) is 5.73 Å². The van der Waals surface area contributed by atoms with Crippen molar-refractivity contribution in [1.82, 2.24) is 0 Å². The van der Waals surface area contributed by atoms with Crippen molar-refractivity contribution in [3.8, 4) is 0 Å². The van der Waals surface area contributed by atoms with Gasteiger partial charge in [0.25, 0.3) is 0 Å². The predicted molar refractivity (Wildman–Crippen MR) is 71.5 cm³/mol. The van der Waals surface area contributed by atoms with E-state index in [9.17, 15) is 4.39 Å². The maximum absolute atomic E-state index is 12.9. The van der Waals surface area contributed by atoms with Crippen molar-refractivity contribution in [2.45, 2.75) is 57.9 Å². The molecule has 0 bridgehead atoms. The van der Waals surface area contributed by atoms with Crippen molar-refractivity contribution >= 4 is 0 Å². The number of hydrogen-bond acceptors (Lipinski definition) is 1. The van der Waals surface area contributed by atoms with Gasteiger partial charge in [0.15, 0.2) is 0 Å². The number of rotatable bonds is 6. The molecule has 0 aliphatic rings. The molecule has 0 heterocycles. The maximum atomic E-state index is 12.9. The zero-order valence-electron chi connectivity index (χ0n) is 11.2. The highest BCUT2D eigenvalue weighted by molar-refractivity contribution is 5.26. The summed E-state index contributed by atoms with van der Waals surface area (Å²) in [6.07, 6.45) is 4.64. The third-order valence-corrected chi connectivity index (χ3v) is 3.63. The smallest absolute Gasteiger partial charge is 0.123 e. The SMILES string of the molecule is CCCCCC(N)C(C)(C)c1ccc(F)cc1. The topological polar surface area (TPSA) is 26.0 Å². The van der Waals surface area contributed by atoms with Gasteiger partial charge in [0.1, 0.15) is 5.82 Å². The third kappa shape index (κ3) is 3.81. The standard InChI is InChI=1S/C15H24FN/c1-4-5-6-7-14(17)15(2,3)12-8-10-13(16)11-9-12/h8-11,14H,4-7,17H2,1-3H3. The van der Waals surface area contributed by atoms with Crippen LogP contribution in [0.25, 0.3) is 0 Å². The summed E-state index contributed by atoms with van der Waals surface area (Å²) in [4.78, 5) is 0. The van der Waals surface area contributed by atoms with Crippen LogP contribution < -0.4 is 5.73 Å². The largest absolute Gasteiger partial charge is 0.327 e. The van der Waals surface area contributed by atoms with E-state index in [1.165, 1.54) is 31.4 Å². The Balaban J connectivity index is 2.68. The van der Waals surface area contributed by atoms with Gasteiger partial charge in [-0.2, -0.15) is 0 Å². The average Bonchev–Trinajstić information content (AvgIpc) is 2.29. The van der Waals surface area contributed by atoms with Crippen molar-refractivity contribution in [1.29, 1.82) is 0 Å². The monoisotopic (exact) mass is 237 g/mol. The lowest BCUT2D eigenvalue weighted by Gasteiger charge is -2.32. The van der Waals surface area contributed by atoms with E-state index < -0.39 is 0 Å². The fourth-order valence-corrected chi connectivity index (χ4v) is 2.07. The molecule has 1 aromatic carbocycles. The molecule has 0 fully saturated rings. The highest BCUT2D eigenvalue weighted by Gasteiger charge is 2.27. The molecule has 0 saturated carbocycles. The van der Waals surface area contributed by atoms with Crippen LogP contribution >= 0.6 is 0 Å². The Bertz CT molecular complexity index is 329. The lowest BCUT2D eigenvalue weighted by Crippen LogP contribution is -2.40. The minimum absolute atomic E-state index is 0.0958. The van der Waals surface area contributed by atoms with Gasteiger partial charge in [0.2, 0.25) is 0 Å². The van der Waals surface area contributed by atoms with Gasteiger partial charge in [-0.3, -0.25) is 0 Å². The summed E-state index contributed by atoms with van der Waals surface area (Å²) >= 11 is 0. The molecule has 2 N–H and O–H groups in total. The molecule has 0 saturated heterocycles. The Morgan fingerprint density at radius 2 is 1.76 bits per heavy atom. The number of unbranched alkanes of at least 4 members (excludes halogenated alkanes) is 2. The van der Waals surface area contributed by atoms with Crippen molar-refractivity contribution < 1.29 is 4.39 Å². The number of hydrogen-bond donors (Lipinski definition) is 1. The lowest BCUT2D eigenvalue weighted by molar-refractivity contribution is 0.377. The fraction of sp³-hybridized carbons (Fsp3) is 0.600. The molecule has 17 heavy (non-hydrogen) atoms. The molecular formula is C15H24FN. The van der Waals surface area contributed by atoms with E-state index in [-0.39, 0.29) is 17.3 Å². The van der Waals surface area contributed by atoms with Gasteiger partial charge in [0, 0.05) is 11.5 Å². The molecule has 1 unspecified atom stereocenters. The Labute approximate surface area is 104 Å². The minimum atomic E-state index is -0.191. The molecular weight excluding hydrogens is 213 g/mol. The molecule has 0 amide bonds. The van der Waals surface area contributed by atoms with Crippen LogP contribution in [0.1, 0.15) is 52.0 Å². The van der Waals surface area contributed by atoms with Gasteiger partial charge in [-0.15, -0.1) is 0 Å². The first-order valence-electron chi connectivity index (χ1n) is 6.50. The summed E-state index contributed by atoms with van der Waals surface area (Å²) in [7, 11) is 0. The van der Waals surface area contributed by atoms with Crippen molar-refractivity contribution in [2.75, 3.05) is 0 Å². The number of nitrogens with two attached hydrogens (primary N) is 1. The molecule has 0 aromatic heterocycles. The van der Waals surface area contributed by atoms with Crippen LogP contribution in [-0.4, -0.2) is 6.04 Å². The highest BCUT2D eigenvalue weighted by Crippen LogP contribution is 2.28. The van der Waals surface area contributed by atoms with Crippen molar-refractivity contribution in [3.05, 3.63) is 35.6 Å². The second-order valence-corrected chi connectivity index (χ2v) is 5.33. The molecule has 0 aliphatic heterocycles. The van der Waals surface area contributed by atoms with Crippen molar-refractivity contribution in [2.24, 2.45) is 5.73 Å². The van der Waals surface area contributed by atoms with Crippen LogP contribution in [0.15, 0.2) is 24.3 Å². The Kier molecular flexibility index (Phi) is 5.13. The van der Waals surface area contributed by atoms with Gasteiger partial charge in [-0.1, -0.05) is 52.2 Å². The first kappa shape index (κ1) is 14.2. The minimum Gasteiger partial charge on any atom is -0.327 e. The van der Waals surface area contributed by atoms with Crippen LogP contribution in [0.5, 0.6) is 0 Å². The van der Waals surface area contributed by atoms with Crippen LogP contribution in [0.2, 0.25) is 0 Å². The summed E-state index contributed by atoms with van der Waals surface area (Å²) in [6.45, 7) is 6.46. The number of benzene rings is 1. The Hall–Kier alpha value is -0.890. The van der Waals surface area contributed by atoms with E-state index in [1.807, 2.05) is 12.1 Å². The molecule has 1 nitrogen and oxygen atoms in total. The average molecular weight is 237 g/mol. The molecule has 96 valence electrons. The normalized spacial score (nSPS) is 13.7. The van der Waals surface area contributed by atoms with Crippen LogP contribution in [-0.2, 0) is 5.41 Å². The summed E-state index contributed by atoms with van der Waals surface area (Å²) in [5, 5.41) is 0. The molecule has 1 atom stereocenters. The van der Waals surface area contributed by atoms with Gasteiger partial charge in [-0.05, 0) is 24.1 Å². The van der Waals surface area contributed by atoms with Gasteiger partial charge in [0.05, 0.1) is 0 Å². The van der Waals surface area contributed by atoms with Gasteiger partial charge in [-0.25, -0.2) is 4.39 Å². The maximum Gasteiger partial charge on any atom is 0.123 e. The first-order valence-corrected chi connectivity index (χ1v) is 6.50. The number of halogens is 1. The van der Waals surface area contributed by atoms with E-state index in [0.29, 0.717) is 0 Å². The van der Waals surface area contributed by atoms with Crippen LogP contribution in [0.4, 0.5) is 4.39 Å². The zero-order chi connectivity index (χ0) is 12.9. The highest BCUT2D eigenvalue weighted by atomic mass is 19.1. The first-order chi connectivity index (χ1) is 7.98. The van der Waals surface area contributed by atoms with E-state index in [2.05, 4.69) is 20.8 Å². The second-order valence-electron chi connectivity index (χ2n) is 5.33. The van der Waals surface area contributed by atoms with Crippen LogP contribution in [0, 0.1) is 5.82 Å². The van der Waals surface area contributed by atoms with Crippen molar-refractivity contribution in [3.63, 3.8) is 0 Å². The quantitative estimate of drug-likeness (QED) is 0.743. The molecule has 0 radical (unpaired) electrons. The molecule has 2 heteroatoms.